The summed E-state index contributed by atoms with van der Waals surface area (Å²) in [6.45, 7) is 2.16. The number of anilines is 1. The molecule has 2 aromatic rings. The highest BCUT2D eigenvalue weighted by molar-refractivity contribution is 5.94. The Hall–Kier alpha value is -2.74. The van der Waals surface area contributed by atoms with Gasteiger partial charge in [-0.15, -0.1) is 0 Å². The van der Waals surface area contributed by atoms with Crippen LogP contribution in [-0.4, -0.2) is 67.7 Å². The Labute approximate surface area is 158 Å². The molecule has 0 saturated carbocycles. The third-order valence-corrected chi connectivity index (χ3v) is 4.61. The largest absolute Gasteiger partial charge is 0.494 e. The van der Waals surface area contributed by atoms with Gasteiger partial charge in [-0.1, -0.05) is 0 Å². The SMILES string of the molecule is COc1ccc(C(=O)N[C@@H]2CN(c3ncccn3)C[C@H]2CN(C)C)cc1F. The Morgan fingerprint density at radius 2 is 2.07 bits per heavy atom. The van der Waals surface area contributed by atoms with Crippen LogP contribution in [0.2, 0.25) is 0 Å². The van der Waals surface area contributed by atoms with Gasteiger partial charge >= 0.3 is 0 Å². The van der Waals surface area contributed by atoms with E-state index in [1.807, 2.05) is 14.1 Å². The number of ether oxygens (including phenoxy) is 1. The number of rotatable bonds is 6. The van der Waals surface area contributed by atoms with Gasteiger partial charge in [0.15, 0.2) is 11.6 Å². The van der Waals surface area contributed by atoms with E-state index in [-0.39, 0.29) is 29.2 Å². The van der Waals surface area contributed by atoms with Crippen LogP contribution in [0.3, 0.4) is 0 Å². The predicted molar refractivity (Wildman–Crippen MR) is 100 cm³/mol. The highest BCUT2D eigenvalue weighted by atomic mass is 19.1. The van der Waals surface area contributed by atoms with Crippen LogP contribution in [0.15, 0.2) is 36.7 Å². The lowest BCUT2D eigenvalue weighted by Crippen LogP contribution is -2.43. The van der Waals surface area contributed by atoms with Crippen LogP contribution in [0.5, 0.6) is 5.75 Å². The van der Waals surface area contributed by atoms with Gasteiger partial charge in [0.25, 0.3) is 5.91 Å². The van der Waals surface area contributed by atoms with E-state index in [0.29, 0.717) is 12.5 Å². The zero-order valence-electron chi connectivity index (χ0n) is 15.7. The first-order valence-electron chi connectivity index (χ1n) is 8.79. The first-order valence-corrected chi connectivity index (χ1v) is 8.79. The van der Waals surface area contributed by atoms with E-state index >= 15 is 0 Å². The molecule has 0 spiro atoms. The van der Waals surface area contributed by atoms with Gasteiger partial charge < -0.3 is 19.9 Å². The fourth-order valence-electron chi connectivity index (χ4n) is 3.37. The van der Waals surface area contributed by atoms with E-state index in [1.54, 1.807) is 24.5 Å². The molecule has 8 heteroatoms. The van der Waals surface area contributed by atoms with Crippen LogP contribution in [-0.2, 0) is 0 Å². The second-order valence-electron chi connectivity index (χ2n) is 6.91. The third-order valence-electron chi connectivity index (χ3n) is 4.61. The average molecular weight is 373 g/mol. The molecule has 3 rings (SSSR count). The topological polar surface area (TPSA) is 70.6 Å². The highest BCUT2D eigenvalue weighted by Gasteiger charge is 2.35. The number of hydrogen-bond donors (Lipinski definition) is 1. The smallest absolute Gasteiger partial charge is 0.251 e. The lowest BCUT2D eigenvalue weighted by atomic mass is 10.0. The fourth-order valence-corrected chi connectivity index (χ4v) is 3.37. The number of nitrogens with one attached hydrogen (secondary N) is 1. The minimum Gasteiger partial charge on any atom is -0.494 e. The zero-order chi connectivity index (χ0) is 19.4. The summed E-state index contributed by atoms with van der Waals surface area (Å²) < 4.78 is 18.8. The van der Waals surface area contributed by atoms with Gasteiger partial charge in [0.2, 0.25) is 5.95 Å². The maximum Gasteiger partial charge on any atom is 0.251 e. The van der Waals surface area contributed by atoms with Crippen LogP contribution in [0.1, 0.15) is 10.4 Å². The van der Waals surface area contributed by atoms with Crippen LogP contribution in [0.25, 0.3) is 0 Å². The molecular formula is C19H24FN5O2. The van der Waals surface area contributed by atoms with Crippen LogP contribution < -0.4 is 15.0 Å². The van der Waals surface area contributed by atoms with Crippen molar-refractivity contribution in [3.05, 3.63) is 48.0 Å². The number of benzene rings is 1. The lowest BCUT2D eigenvalue weighted by Gasteiger charge is -2.22. The summed E-state index contributed by atoms with van der Waals surface area (Å²) in [5, 5.41) is 3.04. The number of methoxy groups -OCH3 is 1. The summed E-state index contributed by atoms with van der Waals surface area (Å²) in [6.07, 6.45) is 3.41. The molecule has 1 aromatic carbocycles. The van der Waals surface area contributed by atoms with Crippen LogP contribution in [0, 0.1) is 11.7 Å². The molecule has 2 atom stereocenters. The molecule has 1 fully saturated rings. The summed E-state index contributed by atoms with van der Waals surface area (Å²) in [6, 6.07) is 5.90. The number of nitrogens with zero attached hydrogens (tertiary/aromatic N) is 4. The first kappa shape index (κ1) is 19.0. The Kier molecular flexibility index (Phi) is 5.85. The monoisotopic (exact) mass is 373 g/mol. The molecule has 0 radical (unpaired) electrons. The Morgan fingerprint density at radius 3 is 2.70 bits per heavy atom. The molecule has 0 bridgehead atoms. The van der Waals surface area contributed by atoms with Crippen molar-refractivity contribution >= 4 is 11.9 Å². The second-order valence-corrected chi connectivity index (χ2v) is 6.91. The third kappa shape index (κ3) is 4.51. The maximum atomic E-state index is 13.9. The molecule has 27 heavy (non-hydrogen) atoms. The van der Waals surface area contributed by atoms with Crippen LogP contribution in [0.4, 0.5) is 10.3 Å². The van der Waals surface area contributed by atoms with E-state index in [9.17, 15) is 9.18 Å². The summed E-state index contributed by atoms with van der Waals surface area (Å²) in [7, 11) is 5.39. The number of halogens is 1. The molecule has 1 N–H and O–H groups in total. The van der Waals surface area contributed by atoms with Crippen molar-refractivity contribution in [3.63, 3.8) is 0 Å². The molecule has 2 heterocycles. The Morgan fingerprint density at radius 1 is 1.33 bits per heavy atom. The highest BCUT2D eigenvalue weighted by Crippen LogP contribution is 2.23. The van der Waals surface area contributed by atoms with Crippen molar-refractivity contribution in [2.45, 2.75) is 6.04 Å². The van der Waals surface area contributed by atoms with Gasteiger partial charge in [-0.2, -0.15) is 0 Å². The van der Waals surface area contributed by atoms with Gasteiger partial charge in [-0.3, -0.25) is 4.79 Å². The van der Waals surface area contributed by atoms with Crippen molar-refractivity contribution in [1.29, 1.82) is 0 Å². The predicted octanol–water partition coefficient (Wildman–Crippen LogP) is 1.42. The molecule has 7 nitrogen and oxygen atoms in total. The molecule has 1 amide bonds. The van der Waals surface area contributed by atoms with Crippen molar-refractivity contribution < 1.29 is 13.9 Å². The molecule has 0 aliphatic carbocycles. The second kappa shape index (κ2) is 8.30. The molecule has 1 saturated heterocycles. The summed E-state index contributed by atoms with van der Waals surface area (Å²) >= 11 is 0. The maximum absolute atomic E-state index is 13.9. The van der Waals surface area contributed by atoms with Crippen molar-refractivity contribution in [2.75, 3.05) is 45.7 Å². The van der Waals surface area contributed by atoms with E-state index in [1.165, 1.54) is 19.2 Å². The molecule has 144 valence electrons. The van der Waals surface area contributed by atoms with E-state index in [4.69, 9.17) is 4.74 Å². The van der Waals surface area contributed by atoms with Crippen molar-refractivity contribution in [1.82, 2.24) is 20.2 Å². The van der Waals surface area contributed by atoms with E-state index in [0.717, 1.165) is 13.1 Å². The minimum atomic E-state index is -0.555. The zero-order valence-corrected chi connectivity index (χ0v) is 15.7. The number of hydrogen-bond acceptors (Lipinski definition) is 6. The number of carbonyl (C=O) groups is 1. The van der Waals surface area contributed by atoms with Gasteiger partial charge in [0.05, 0.1) is 13.2 Å². The quantitative estimate of drug-likeness (QED) is 0.826. The summed E-state index contributed by atoms with van der Waals surface area (Å²) in [5.74, 6) is 0.108. The first-order chi connectivity index (χ1) is 13.0. The normalized spacial score (nSPS) is 19.4. The minimum absolute atomic E-state index is 0.0890. The molecular weight excluding hydrogens is 349 g/mol. The lowest BCUT2D eigenvalue weighted by molar-refractivity contribution is 0.0927. The summed E-state index contributed by atoms with van der Waals surface area (Å²) in [4.78, 5) is 25.4. The molecule has 1 aromatic heterocycles. The summed E-state index contributed by atoms with van der Waals surface area (Å²) in [5.41, 5.74) is 0.270. The fraction of sp³-hybridized carbons (Fsp3) is 0.421. The van der Waals surface area contributed by atoms with Crippen molar-refractivity contribution in [3.8, 4) is 5.75 Å². The van der Waals surface area contributed by atoms with Gasteiger partial charge in [0, 0.05) is 43.5 Å². The average Bonchev–Trinajstić information content (AvgIpc) is 3.04. The number of aromatic nitrogens is 2. The number of carbonyl (C=O) groups excluding carboxylic acids is 1. The molecule has 1 aliphatic heterocycles. The van der Waals surface area contributed by atoms with Crippen LogP contribution >= 0.6 is 0 Å². The standard InChI is InChI=1S/C19H24FN5O2/c1-24(2)10-14-11-25(19-21-7-4-8-22-19)12-16(14)23-18(26)13-5-6-17(27-3)15(20)9-13/h4-9,14,16H,10-12H2,1-3H3,(H,23,26)/t14-,16-/m1/s1. The van der Waals surface area contributed by atoms with Gasteiger partial charge in [-0.05, 0) is 38.4 Å². The van der Waals surface area contributed by atoms with E-state index in [2.05, 4.69) is 25.1 Å². The van der Waals surface area contributed by atoms with E-state index < -0.39 is 5.82 Å². The number of amides is 1. The molecule has 1 aliphatic rings. The van der Waals surface area contributed by atoms with Gasteiger partial charge in [0.1, 0.15) is 0 Å². The Balaban J connectivity index is 1.74. The Bertz CT molecular complexity index is 787. The van der Waals surface area contributed by atoms with Crippen molar-refractivity contribution in [2.24, 2.45) is 5.92 Å². The molecule has 0 unspecified atom stereocenters. The van der Waals surface area contributed by atoms with Gasteiger partial charge in [-0.25, -0.2) is 14.4 Å².